The second-order valence-corrected chi connectivity index (χ2v) is 9.01. The molecule has 2 fully saturated rings. The van der Waals surface area contributed by atoms with E-state index in [2.05, 4.69) is 0 Å². The molecule has 7 heteroatoms. The van der Waals surface area contributed by atoms with Crippen molar-refractivity contribution in [1.29, 1.82) is 0 Å². The normalized spacial score (nSPS) is 27.7. The molecule has 0 radical (unpaired) electrons. The van der Waals surface area contributed by atoms with Crippen molar-refractivity contribution in [3.63, 3.8) is 0 Å². The number of anilines is 1. The zero-order valence-corrected chi connectivity index (χ0v) is 15.3. The molecule has 1 amide bonds. The lowest BCUT2D eigenvalue weighted by atomic mass is 9.91. The van der Waals surface area contributed by atoms with Gasteiger partial charge in [0.05, 0.1) is 23.6 Å². The molecule has 2 aliphatic heterocycles. The lowest BCUT2D eigenvalue weighted by molar-refractivity contribution is -0.118. The number of ether oxygens (including phenoxy) is 1. The molecule has 2 atom stereocenters. The average Bonchev–Trinajstić information content (AvgIpc) is 2.64. The monoisotopic (exact) mass is 364 g/mol. The molecule has 0 N–H and O–H groups in total. The minimum Gasteiger partial charge on any atom is -0.375 e. The third-order valence-electron chi connectivity index (χ3n) is 5.68. The molecule has 1 saturated carbocycles. The zero-order valence-electron chi connectivity index (χ0n) is 14.5. The van der Waals surface area contributed by atoms with Crippen molar-refractivity contribution in [3.8, 4) is 0 Å². The van der Waals surface area contributed by atoms with Crippen molar-refractivity contribution in [2.24, 2.45) is 0 Å². The Balaban J connectivity index is 1.67. The number of amides is 1. The number of carbonyl (C=O) groups is 1. The van der Waals surface area contributed by atoms with Crippen molar-refractivity contribution in [3.05, 3.63) is 23.8 Å². The fourth-order valence-electron chi connectivity index (χ4n) is 4.29. The number of sulfonamides is 1. The van der Waals surface area contributed by atoms with Gasteiger partial charge in [-0.05, 0) is 43.0 Å². The van der Waals surface area contributed by atoms with E-state index in [0.717, 1.165) is 36.9 Å². The van der Waals surface area contributed by atoms with Crippen LogP contribution in [0, 0.1) is 0 Å². The summed E-state index contributed by atoms with van der Waals surface area (Å²) in [5.74, 6) is 0.0707. The van der Waals surface area contributed by atoms with Gasteiger partial charge in [0.1, 0.15) is 0 Å². The first-order chi connectivity index (χ1) is 12.0. The zero-order chi connectivity index (χ0) is 17.6. The largest absolute Gasteiger partial charge is 0.375 e. The van der Waals surface area contributed by atoms with Crippen LogP contribution in [0.2, 0.25) is 0 Å². The summed E-state index contributed by atoms with van der Waals surface area (Å²) < 4.78 is 34.0. The van der Waals surface area contributed by atoms with Crippen LogP contribution < -0.4 is 4.90 Å². The molecular formula is C18H24N2O4S. The second kappa shape index (κ2) is 6.37. The molecule has 1 aromatic carbocycles. The van der Waals surface area contributed by atoms with E-state index in [0.29, 0.717) is 30.9 Å². The van der Waals surface area contributed by atoms with Crippen LogP contribution in [-0.4, -0.2) is 51.0 Å². The fourth-order valence-corrected chi connectivity index (χ4v) is 6.00. The summed E-state index contributed by atoms with van der Waals surface area (Å²) in [6.07, 6.45) is 5.01. The second-order valence-electron chi connectivity index (χ2n) is 7.12. The maximum absolute atomic E-state index is 13.3. The van der Waals surface area contributed by atoms with E-state index < -0.39 is 10.0 Å². The molecule has 2 heterocycles. The van der Waals surface area contributed by atoms with Crippen LogP contribution in [-0.2, 0) is 26.0 Å². The lowest BCUT2D eigenvalue weighted by Crippen LogP contribution is -2.54. The van der Waals surface area contributed by atoms with Crippen LogP contribution in [0.25, 0.3) is 0 Å². The molecule has 3 aliphatic rings. The van der Waals surface area contributed by atoms with Crippen LogP contribution in [0.5, 0.6) is 0 Å². The molecule has 1 aliphatic carbocycles. The summed E-state index contributed by atoms with van der Waals surface area (Å²) in [5, 5.41) is 0. The molecule has 136 valence electrons. The Kier molecular flexibility index (Phi) is 4.33. The highest BCUT2D eigenvalue weighted by atomic mass is 32.2. The van der Waals surface area contributed by atoms with Crippen LogP contribution in [0.15, 0.2) is 23.1 Å². The van der Waals surface area contributed by atoms with E-state index in [1.165, 1.54) is 0 Å². The number of fused-ring (bicyclic) bond motifs is 2. The van der Waals surface area contributed by atoms with Gasteiger partial charge in [-0.15, -0.1) is 0 Å². The maximum atomic E-state index is 13.3. The summed E-state index contributed by atoms with van der Waals surface area (Å²) >= 11 is 0. The number of hydrogen-bond acceptors (Lipinski definition) is 4. The first-order valence-electron chi connectivity index (χ1n) is 9.01. The van der Waals surface area contributed by atoms with E-state index in [1.807, 2.05) is 0 Å². The maximum Gasteiger partial charge on any atom is 0.243 e. The van der Waals surface area contributed by atoms with E-state index in [9.17, 15) is 13.2 Å². The number of nitrogens with zero attached hydrogens (tertiary/aromatic N) is 2. The Morgan fingerprint density at radius 3 is 2.80 bits per heavy atom. The summed E-state index contributed by atoms with van der Waals surface area (Å²) in [4.78, 5) is 13.8. The van der Waals surface area contributed by atoms with Crippen LogP contribution >= 0.6 is 0 Å². The van der Waals surface area contributed by atoms with Crippen LogP contribution in [0.4, 0.5) is 5.69 Å². The molecule has 1 saturated heterocycles. The summed E-state index contributed by atoms with van der Waals surface area (Å²) in [6.45, 7) is 0.877. The van der Waals surface area contributed by atoms with Crippen LogP contribution in [0.3, 0.4) is 0 Å². The Labute approximate surface area is 148 Å². The van der Waals surface area contributed by atoms with E-state index >= 15 is 0 Å². The van der Waals surface area contributed by atoms with E-state index in [1.54, 1.807) is 34.5 Å². The summed E-state index contributed by atoms with van der Waals surface area (Å²) in [5.41, 5.74) is 1.74. The quantitative estimate of drug-likeness (QED) is 0.804. The Morgan fingerprint density at radius 2 is 1.96 bits per heavy atom. The topological polar surface area (TPSA) is 66.9 Å². The molecule has 6 nitrogen and oxygen atoms in total. The molecule has 1 aromatic rings. The average molecular weight is 364 g/mol. The van der Waals surface area contributed by atoms with Crippen molar-refractivity contribution < 1.29 is 17.9 Å². The number of aryl methyl sites for hydroxylation is 1. The predicted octanol–water partition coefficient (Wildman–Crippen LogP) is 1.93. The van der Waals surface area contributed by atoms with Gasteiger partial charge in [0, 0.05) is 25.7 Å². The number of carbonyl (C=O) groups excluding carboxylic acids is 1. The standard InChI is InChI=1S/C18H24N2O4S/c1-19-15-8-7-14(12-13(15)6-9-18(19)21)25(22,23)20-10-11-24-17-5-3-2-4-16(17)20/h7-8,12,16-17H,2-6,9-11H2,1H3. The van der Waals surface area contributed by atoms with Crippen molar-refractivity contribution >= 4 is 21.6 Å². The molecule has 0 bridgehead atoms. The first-order valence-corrected chi connectivity index (χ1v) is 10.5. The molecule has 25 heavy (non-hydrogen) atoms. The Morgan fingerprint density at radius 1 is 1.16 bits per heavy atom. The first kappa shape index (κ1) is 17.0. The number of morpholine rings is 1. The SMILES string of the molecule is CN1C(=O)CCc2cc(S(=O)(=O)N3CCOC4CCCCC43)ccc21. The molecule has 0 spiro atoms. The highest BCUT2D eigenvalue weighted by Gasteiger charge is 2.41. The smallest absolute Gasteiger partial charge is 0.243 e. The Hall–Kier alpha value is -1.44. The highest BCUT2D eigenvalue weighted by Crippen LogP contribution is 2.34. The highest BCUT2D eigenvalue weighted by molar-refractivity contribution is 7.89. The number of benzene rings is 1. The van der Waals surface area contributed by atoms with Gasteiger partial charge in [-0.1, -0.05) is 12.8 Å². The van der Waals surface area contributed by atoms with Gasteiger partial charge < -0.3 is 9.64 Å². The molecular weight excluding hydrogens is 340 g/mol. The third kappa shape index (κ3) is 2.88. The van der Waals surface area contributed by atoms with Gasteiger partial charge in [-0.3, -0.25) is 4.79 Å². The third-order valence-corrected chi connectivity index (χ3v) is 7.60. The summed E-state index contributed by atoms with van der Waals surface area (Å²) in [7, 11) is -1.81. The van der Waals surface area contributed by atoms with Crippen LogP contribution in [0.1, 0.15) is 37.7 Å². The molecule has 2 unspecified atom stereocenters. The molecule has 4 rings (SSSR count). The van der Waals surface area contributed by atoms with E-state index in [-0.39, 0.29) is 18.1 Å². The van der Waals surface area contributed by atoms with Gasteiger partial charge >= 0.3 is 0 Å². The van der Waals surface area contributed by atoms with E-state index in [4.69, 9.17) is 4.74 Å². The number of hydrogen-bond donors (Lipinski definition) is 0. The lowest BCUT2D eigenvalue weighted by Gasteiger charge is -2.42. The van der Waals surface area contributed by atoms with Crippen molar-refractivity contribution in [1.82, 2.24) is 4.31 Å². The minimum atomic E-state index is -3.55. The van der Waals surface area contributed by atoms with Gasteiger partial charge in [0.2, 0.25) is 15.9 Å². The minimum absolute atomic E-state index is 0.0265. The summed E-state index contributed by atoms with van der Waals surface area (Å²) in [6, 6.07) is 5.10. The van der Waals surface area contributed by atoms with Gasteiger partial charge in [-0.25, -0.2) is 8.42 Å². The Bertz CT molecular complexity index is 790. The van der Waals surface area contributed by atoms with Gasteiger partial charge in [0.15, 0.2) is 0 Å². The van der Waals surface area contributed by atoms with Gasteiger partial charge in [0.25, 0.3) is 0 Å². The molecule has 0 aromatic heterocycles. The van der Waals surface area contributed by atoms with Crippen molar-refractivity contribution in [2.45, 2.75) is 55.6 Å². The fraction of sp³-hybridized carbons (Fsp3) is 0.611. The van der Waals surface area contributed by atoms with Crippen molar-refractivity contribution in [2.75, 3.05) is 25.1 Å². The predicted molar refractivity (Wildman–Crippen MR) is 94.1 cm³/mol. The number of rotatable bonds is 2. The van der Waals surface area contributed by atoms with Gasteiger partial charge in [-0.2, -0.15) is 4.31 Å².